The van der Waals surface area contributed by atoms with Crippen molar-refractivity contribution >= 4 is 0 Å². The molecule has 1 aliphatic heterocycles. The third-order valence-corrected chi connectivity index (χ3v) is 3.93. The largest absolute Gasteiger partial charge is 0.508 e. The Morgan fingerprint density at radius 1 is 1.32 bits per heavy atom. The van der Waals surface area contributed by atoms with Gasteiger partial charge in [-0.3, -0.25) is 0 Å². The molecule has 1 fully saturated rings. The number of nitrogens with one attached hydrogen (secondary N) is 1. The molecule has 2 rings (SSSR count). The highest BCUT2D eigenvalue weighted by molar-refractivity contribution is 5.28. The summed E-state index contributed by atoms with van der Waals surface area (Å²) in [6, 6.07) is 8.14. The first-order valence-corrected chi connectivity index (χ1v) is 7.19. The maximum absolute atomic E-state index is 9.60. The second kappa shape index (κ2) is 6.40. The van der Waals surface area contributed by atoms with Crippen LogP contribution in [-0.2, 0) is 11.2 Å². The fraction of sp³-hybridized carbons (Fsp3) is 0.625. The van der Waals surface area contributed by atoms with E-state index in [1.54, 1.807) is 6.07 Å². The SMILES string of the molecule is CC(C)NCC1(Cc2cccc(O)c2)CCOCC1. The minimum Gasteiger partial charge on any atom is -0.508 e. The number of hydrogen-bond donors (Lipinski definition) is 2. The molecule has 0 aliphatic carbocycles. The Labute approximate surface area is 116 Å². The van der Waals surface area contributed by atoms with Crippen molar-refractivity contribution in [3.63, 3.8) is 0 Å². The molecular weight excluding hydrogens is 238 g/mol. The average molecular weight is 263 g/mol. The van der Waals surface area contributed by atoms with Crippen LogP contribution in [0.5, 0.6) is 5.75 Å². The molecule has 0 radical (unpaired) electrons. The normalized spacial score (nSPS) is 18.7. The zero-order valence-electron chi connectivity index (χ0n) is 12.0. The van der Waals surface area contributed by atoms with E-state index in [-0.39, 0.29) is 5.41 Å². The average Bonchev–Trinajstić information content (AvgIpc) is 2.38. The molecule has 19 heavy (non-hydrogen) atoms. The first-order valence-electron chi connectivity index (χ1n) is 7.19. The van der Waals surface area contributed by atoms with Crippen LogP contribution in [0.1, 0.15) is 32.3 Å². The van der Waals surface area contributed by atoms with Crippen LogP contribution in [0.2, 0.25) is 0 Å². The predicted molar refractivity (Wildman–Crippen MR) is 77.4 cm³/mol. The third kappa shape index (κ3) is 4.22. The minimum absolute atomic E-state index is 0.260. The molecule has 1 aromatic rings. The number of phenols is 1. The van der Waals surface area contributed by atoms with Gasteiger partial charge in [-0.15, -0.1) is 0 Å². The van der Waals surface area contributed by atoms with Crippen LogP contribution in [0.25, 0.3) is 0 Å². The second-order valence-corrected chi connectivity index (χ2v) is 5.99. The van der Waals surface area contributed by atoms with Crippen LogP contribution in [0.4, 0.5) is 0 Å². The van der Waals surface area contributed by atoms with E-state index in [1.165, 1.54) is 5.56 Å². The maximum atomic E-state index is 9.60. The number of rotatable bonds is 5. The van der Waals surface area contributed by atoms with E-state index < -0.39 is 0 Å². The quantitative estimate of drug-likeness (QED) is 0.858. The molecule has 1 heterocycles. The molecule has 0 spiro atoms. The number of ether oxygens (including phenoxy) is 1. The van der Waals surface area contributed by atoms with Crippen LogP contribution < -0.4 is 5.32 Å². The fourth-order valence-electron chi connectivity index (χ4n) is 2.74. The number of aromatic hydroxyl groups is 1. The Balaban J connectivity index is 2.08. The Morgan fingerprint density at radius 3 is 2.68 bits per heavy atom. The Hall–Kier alpha value is -1.06. The Bertz CT molecular complexity index is 397. The van der Waals surface area contributed by atoms with E-state index in [0.29, 0.717) is 11.8 Å². The first kappa shape index (κ1) is 14.4. The molecule has 3 nitrogen and oxygen atoms in total. The first-order chi connectivity index (χ1) is 9.10. The van der Waals surface area contributed by atoms with Gasteiger partial charge < -0.3 is 15.2 Å². The zero-order valence-corrected chi connectivity index (χ0v) is 12.0. The Kier molecular flexibility index (Phi) is 4.83. The highest BCUT2D eigenvalue weighted by atomic mass is 16.5. The van der Waals surface area contributed by atoms with Crippen molar-refractivity contribution in [2.75, 3.05) is 19.8 Å². The van der Waals surface area contributed by atoms with Gasteiger partial charge in [-0.1, -0.05) is 26.0 Å². The number of phenolic OH excluding ortho intramolecular Hbond substituents is 1. The molecule has 0 atom stereocenters. The lowest BCUT2D eigenvalue weighted by Gasteiger charge is -2.38. The summed E-state index contributed by atoms with van der Waals surface area (Å²) in [7, 11) is 0. The van der Waals surface area contributed by atoms with E-state index in [1.807, 2.05) is 12.1 Å². The molecule has 1 aliphatic rings. The molecule has 0 unspecified atom stereocenters. The maximum Gasteiger partial charge on any atom is 0.115 e. The molecular formula is C16H25NO2. The summed E-state index contributed by atoms with van der Waals surface area (Å²) >= 11 is 0. The summed E-state index contributed by atoms with van der Waals surface area (Å²) in [5.41, 5.74) is 1.48. The van der Waals surface area contributed by atoms with Crippen LogP contribution in [0, 0.1) is 5.41 Å². The van der Waals surface area contributed by atoms with Crippen molar-refractivity contribution in [3.8, 4) is 5.75 Å². The highest BCUT2D eigenvalue weighted by Gasteiger charge is 2.32. The molecule has 3 heteroatoms. The van der Waals surface area contributed by atoms with Gasteiger partial charge in [0.15, 0.2) is 0 Å². The van der Waals surface area contributed by atoms with Gasteiger partial charge in [-0.05, 0) is 42.4 Å². The standard InChI is InChI=1S/C16H25NO2/c1-13(2)17-12-16(6-8-19-9-7-16)11-14-4-3-5-15(18)10-14/h3-5,10,13,17-18H,6-9,11-12H2,1-2H3. The van der Waals surface area contributed by atoms with E-state index in [0.717, 1.165) is 39.0 Å². The zero-order chi connectivity index (χ0) is 13.7. The number of hydrogen-bond acceptors (Lipinski definition) is 3. The molecule has 0 aromatic heterocycles. The lowest BCUT2D eigenvalue weighted by atomic mass is 9.75. The summed E-state index contributed by atoms with van der Waals surface area (Å²) in [5, 5.41) is 13.2. The third-order valence-electron chi connectivity index (χ3n) is 3.93. The predicted octanol–water partition coefficient (Wildman–Crippen LogP) is 2.73. The smallest absolute Gasteiger partial charge is 0.115 e. The van der Waals surface area contributed by atoms with Gasteiger partial charge in [0.1, 0.15) is 5.75 Å². The van der Waals surface area contributed by atoms with E-state index in [9.17, 15) is 5.11 Å². The fourth-order valence-corrected chi connectivity index (χ4v) is 2.74. The van der Waals surface area contributed by atoms with Crippen molar-refractivity contribution in [1.29, 1.82) is 0 Å². The van der Waals surface area contributed by atoms with Crippen molar-refractivity contribution in [3.05, 3.63) is 29.8 Å². The molecule has 106 valence electrons. The van der Waals surface area contributed by atoms with Gasteiger partial charge in [-0.2, -0.15) is 0 Å². The lowest BCUT2D eigenvalue weighted by Crippen LogP contribution is -2.42. The highest BCUT2D eigenvalue weighted by Crippen LogP contribution is 2.34. The van der Waals surface area contributed by atoms with Crippen LogP contribution >= 0.6 is 0 Å². The van der Waals surface area contributed by atoms with Crippen LogP contribution in [0.15, 0.2) is 24.3 Å². The molecule has 0 saturated carbocycles. The van der Waals surface area contributed by atoms with E-state index in [2.05, 4.69) is 25.2 Å². The molecule has 0 amide bonds. The van der Waals surface area contributed by atoms with Crippen molar-refractivity contribution < 1.29 is 9.84 Å². The topological polar surface area (TPSA) is 41.5 Å². The second-order valence-electron chi connectivity index (χ2n) is 5.99. The summed E-state index contributed by atoms with van der Waals surface area (Å²) in [6.45, 7) is 7.07. The summed E-state index contributed by atoms with van der Waals surface area (Å²) in [6.07, 6.45) is 3.18. The molecule has 2 N–H and O–H groups in total. The minimum atomic E-state index is 0.260. The summed E-state index contributed by atoms with van der Waals surface area (Å²) in [4.78, 5) is 0. The monoisotopic (exact) mass is 263 g/mol. The number of benzene rings is 1. The molecule has 0 bridgehead atoms. The van der Waals surface area contributed by atoms with Gasteiger partial charge in [0.05, 0.1) is 0 Å². The van der Waals surface area contributed by atoms with Crippen LogP contribution in [-0.4, -0.2) is 30.9 Å². The van der Waals surface area contributed by atoms with Gasteiger partial charge in [0, 0.05) is 25.8 Å². The summed E-state index contributed by atoms with van der Waals surface area (Å²) < 4.78 is 5.52. The van der Waals surface area contributed by atoms with Gasteiger partial charge in [0.2, 0.25) is 0 Å². The van der Waals surface area contributed by atoms with Crippen molar-refractivity contribution in [1.82, 2.24) is 5.32 Å². The van der Waals surface area contributed by atoms with Crippen molar-refractivity contribution in [2.45, 2.75) is 39.2 Å². The van der Waals surface area contributed by atoms with E-state index >= 15 is 0 Å². The van der Waals surface area contributed by atoms with Gasteiger partial charge >= 0.3 is 0 Å². The van der Waals surface area contributed by atoms with E-state index in [4.69, 9.17) is 4.74 Å². The lowest BCUT2D eigenvalue weighted by molar-refractivity contribution is 0.0140. The van der Waals surface area contributed by atoms with Crippen molar-refractivity contribution in [2.24, 2.45) is 5.41 Å². The van der Waals surface area contributed by atoms with Gasteiger partial charge in [-0.25, -0.2) is 0 Å². The Morgan fingerprint density at radius 2 is 2.05 bits per heavy atom. The van der Waals surface area contributed by atoms with Crippen LogP contribution in [0.3, 0.4) is 0 Å². The molecule has 1 saturated heterocycles. The van der Waals surface area contributed by atoms with Gasteiger partial charge in [0.25, 0.3) is 0 Å². The molecule has 1 aromatic carbocycles. The summed E-state index contributed by atoms with van der Waals surface area (Å²) in [5.74, 6) is 0.358.